The number of hydrogen-bond donors (Lipinski definition) is 1. The summed E-state index contributed by atoms with van der Waals surface area (Å²) < 4.78 is 5.51. The van der Waals surface area contributed by atoms with Gasteiger partial charge in [0.25, 0.3) is 5.91 Å². The van der Waals surface area contributed by atoms with Crippen molar-refractivity contribution in [3.63, 3.8) is 0 Å². The number of hydrogen-bond acceptors (Lipinski definition) is 5. The molecule has 1 aliphatic heterocycles. The predicted octanol–water partition coefficient (Wildman–Crippen LogP) is 2.97. The van der Waals surface area contributed by atoms with E-state index in [0.717, 1.165) is 37.4 Å². The van der Waals surface area contributed by atoms with Gasteiger partial charge in [0.15, 0.2) is 12.4 Å². The Morgan fingerprint density at radius 2 is 1.71 bits per heavy atom. The smallest absolute Gasteiger partial charge is 0.262 e. The summed E-state index contributed by atoms with van der Waals surface area (Å²) in [6, 6.07) is 12.9. The SMILES string of the molecule is CC(=O)c1ccc(OCC(=O)Nc2ccc(N3CCN(C)CC3)cc2C)cc1. The van der Waals surface area contributed by atoms with Crippen LogP contribution in [0.4, 0.5) is 11.4 Å². The molecule has 1 amide bonds. The van der Waals surface area contributed by atoms with Gasteiger partial charge in [-0.1, -0.05) is 0 Å². The molecule has 2 aromatic rings. The number of Topliss-reactive ketones (excluding diaryl/α,β-unsaturated/α-hetero) is 1. The van der Waals surface area contributed by atoms with Crippen molar-refractivity contribution < 1.29 is 14.3 Å². The van der Waals surface area contributed by atoms with E-state index in [0.29, 0.717) is 11.3 Å². The third-order valence-electron chi connectivity index (χ3n) is 4.98. The number of nitrogens with one attached hydrogen (secondary N) is 1. The molecule has 6 heteroatoms. The van der Waals surface area contributed by atoms with Crippen LogP contribution in [0, 0.1) is 6.92 Å². The van der Waals surface area contributed by atoms with E-state index in [1.165, 1.54) is 12.6 Å². The minimum atomic E-state index is -0.217. The van der Waals surface area contributed by atoms with E-state index in [2.05, 4.69) is 34.3 Å². The van der Waals surface area contributed by atoms with Crippen molar-refractivity contribution >= 4 is 23.1 Å². The van der Waals surface area contributed by atoms with Crippen LogP contribution in [-0.2, 0) is 4.79 Å². The molecule has 0 aromatic heterocycles. The molecule has 1 aliphatic rings. The lowest BCUT2D eigenvalue weighted by Gasteiger charge is -2.34. The maximum Gasteiger partial charge on any atom is 0.262 e. The normalized spacial score (nSPS) is 14.6. The van der Waals surface area contributed by atoms with Crippen molar-refractivity contribution in [3.8, 4) is 5.75 Å². The molecule has 6 nitrogen and oxygen atoms in total. The van der Waals surface area contributed by atoms with Crippen molar-refractivity contribution in [1.82, 2.24) is 4.90 Å². The van der Waals surface area contributed by atoms with Gasteiger partial charge < -0.3 is 19.9 Å². The first-order valence-electron chi connectivity index (χ1n) is 9.50. The lowest BCUT2D eigenvalue weighted by Crippen LogP contribution is -2.44. The lowest BCUT2D eigenvalue weighted by molar-refractivity contribution is -0.118. The second kappa shape index (κ2) is 8.89. The third kappa shape index (κ3) is 5.10. The minimum Gasteiger partial charge on any atom is -0.484 e. The van der Waals surface area contributed by atoms with Crippen LogP contribution in [0.25, 0.3) is 0 Å². The van der Waals surface area contributed by atoms with Gasteiger partial charge in [0.1, 0.15) is 5.75 Å². The molecular formula is C22H27N3O3. The van der Waals surface area contributed by atoms with Crippen molar-refractivity contribution in [2.75, 3.05) is 50.1 Å². The van der Waals surface area contributed by atoms with Gasteiger partial charge in [-0.3, -0.25) is 9.59 Å². The van der Waals surface area contributed by atoms with Crippen molar-refractivity contribution in [2.45, 2.75) is 13.8 Å². The Kier molecular flexibility index (Phi) is 6.31. The van der Waals surface area contributed by atoms with E-state index in [1.54, 1.807) is 24.3 Å². The first-order valence-corrected chi connectivity index (χ1v) is 9.50. The summed E-state index contributed by atoms with van der Waals surface area (Å²) >= 11 is 0. The molecule has 1 saturated heterocycles. The zero-order valence-corrected chi connectivity index (χ0v) is 16.7. The fourth-order valence-electron chi connectivity index (χ4n) is 3.17. The number of likely N-dealkylation sites (N-methyl/N-ethyl adjacent to an activating group) is 1. The van der Waals surface area contributed by atoms with Gasteiger partial charge >= 0.3 is 0 Å². The van der Waals surface area contributed by atoms with E-state index in [4.69, 9.17) is 4.74 Å². The van der Waals surface area contributed by atoms with Gasteiger partial charge in [-0.25, -0.2) is 0 Å². The molecule has 1 heterocycles. The lowest BCUT2D eigenvalue weighted by atomic mass is 10.1. The number of ether oxygens (including phenoxy) is 1. The molecular weight excluding hydrogens is 354 g/mol. The number of piperazine rings is 1. The number of carbonyl (C=O) groups excluding carboxylic acids is 2. The molecule has 148 valence electrons. The quantitative estimate of drug-likeness (QED) is 0.780. The first kappa shape index (κ1) is 19.9. The molecule has 0 aliphatic carbocycles. The van der Waals surface area contributed by atoms with Crippen LogP contribution in [0.3, 0.4) is 0 Å². The molecule has 0 bridgehead atoms. The molecule has 0 radical (unpaired) electrons. The third-order valence-corrected chi connectivity index (χ3v) is 4.98. The summed E-state index contributed by atoms with van der Waals surface area (Å²) in [6.07, 6.45) is 0. The molecule has 28 heavy (non-hydrogen) atoms. The fourth-order valence-corrected chi connectivity index (χ4v) is 3.17. The Labute approximate surface area is 166 Å². The van der Waals surface area contributed by atoms with E-state index in [-0.39, 0.29) is 18.3 Å². The Bertz CT molecular complexity index is 841. The second-order valence-corrected chi connectivity index (χ2v) is 7.21. The molecule has 1 N–H and O–H groups in total. The average molecular weight is 381 g/mol. The van der Waals surface area contributed by atoms with Crippen LogP contribution >= 0.6 is 0 Å². The summed E-state index contributed by atoms with van der Waals surface area (Å²) in [7, 11) is 2.14. The van der Waals surface area contributed by atoms with Crippen LogP contribution in [-0.4, -0.2) is 56.4 Å². The highest BCUT2D eigenvalue weighted by atomic mass is 16.5. The maximum atomic E-state index is 12.2. The van der Waals surface area contributed by atoms with Gasteiger partial charge in [-0.2, -0.15) is 0 Å². The van der Waals surface area contributed by atoms with Gasteiger partial charge in [0.05, 0.1) is 0 Å². The monoisotopic (exact) mass is 381 g/mol. The number of rotatable bonds is 6. The van der Waals surface area contributed by atoms with Crippen molar-refractivity contribution in [1.29, 1.82) is 0 Å². The summed E-state index contributed by atoms with van der Waals surface area (Å²) in [6.45, 7) is 7.57. The van der Waals surface area contributed by atoms with Gasteiger partial charge in [0.2, 0.25) is 0 Å². The fraction of sp³-hybridized carbons (Fsp3) is 0.364. The number of aryl methyl sites for hydroxylation is 1. The highest BCUT2D eigenvalue weighted by molar-refractivity contribution is 5.94. The summed E-state index contributed by atoms with van der Waals surface area (Å²) in [5.41, 5.74) is 3.62. The zero-order valence-electron chi connectivity index (χ0n) is 16.7. The van der Waals surface area contributed by atoms with Crippen LogP contribution < -0.4 is 15.0 Å². The van der Waals surface area contributed by atoms with E-state index < -0.39 is 0 Å². The van der Waals surface area contributed by atoms with E-state index in [9.17, 15) is 9.59 Å². The van der Waals surface area contributed by atoms with E-state index >= 15 is 0 Å². The largest absolute Gasteiger partial charge is 0.484 e. The summed E-state index contributed by atoms with van der Waals surface area (Å²) in [4.78, 5) is 28.2. The molecule has 0 spiro atoms. The highest BCUT2D eigenvalue weighted by Crippen LogP contribution is 2.23. The van der Waals surface area contributed by atoms with Crippen molar-refractivity contribution in [3.05, 3.63) is 53.6 Å². The Morgan fingerprint density at radius 1 is 1.04 bits per heavy atom. The number of anilines is 2. The Balaban J connectivity index is 1.54. The highest BCUT2D eigenvalue weighted by Gasteiger charge is 2.15. The molecule has 3 rings (SSSR count). The van der Waals surface area contributed by atoms with Crippen LogP contribution in [0.15, 0.2) is 42.5 Å². The number of nitrogens with zero attached hydrogens (tertiary/aromatic N) is 2. The van der Waals surface area contributed by atoms with Gasteiger partial charge in [-0.05, 0) is 68.9 Å². The Hall–Kier alpha value is -2.86. The molecule has 0 unspecified atom stereocenters. The number of amides is 1. The minimum absolute atomic E-state index is 0.000196. The van der Waals surface area contributed by atoms with Crippen LogP contribution in [0.5, 0.6) is 5.75 Å². The number of benzene rings is 2. The van der Waals surface area contributed by atoms with Crippen LogP contribution in [0.1, 0.15) is 22.8 Å². The summed E-state index contributed by atoms with van der Waals surface area (Å²) in [5, 5.41) is 2.90. The molecule has 0 saturated carbocycles. The van der Waals surface area contributed by atoms with Gasteiger partial charge in [0, 0.05) is 43.1 Å². The zero-order chi connectivity index (χ0) is 20.1. The summed E-state index contributed by atoms with van der Waals surface area (Å²) in [5.74, 6) is 0.341. The molecule has 2 aromatic carbocycles. The number of ketones is 1. The second-order valence-electron chi connectivity index (χ2n) is 7.21. The standard InChI is InChI=1S/C22H27N3O3/c1-16-14-19(25-12-10-24(3)11-13-25)6-9-21(16)23-22(27)15-28-20-7-4-18(5-8-20)17(2)26/h4-9,14H,10-13,15H2,1-3H3,(H,23,27). The number of carbonyl (C=O) groups is 2. The molecule has 0 atom stereocenters. The van der Waals surface area contributed by atoms with Crippen molar-refractivity contribution in [2.24, 2.45) is 0 Å². The van der Waals surface area contributed by atoms with E-state index in [1.807, 2.05) is 13.0 Å². The van der Waals surface area contributed by atoms with Gasteiger partial charge in [-0.15, -0.1) is 0 Å². The average Bonchev–Trinajstić information content (AvgIpc) is 2.69. The first-order chi connectivity index (χ1) is 13.4. The van der Waals surface area contributed by atoms with Crippen LogP contribution in [0.2, 0.25) is 0 Å². The Morgan fingerprint density at radius 3 is 2.32 bits per heavy atom. The predicted molar refractivity (Wildman–Crippen MR) is 111 cm³/mol. The topological polar surface area (TPSA) is 61.9 Å². The molecule has 1 fully saturated rings. The maximum absolute atomic E-state index is 12.2.